The van der Waals surface area contributed by atoms with Crippen LogP contribution in [-0.4, -0.2) is 49.6 Å². The van der Waals surface area contributed by atoms with Crippen molar-refractivity contribution in [3.05, 3.63) is 0 Å². The van der Waals surface area contributed by atoms with Crippen molar-refractivity contribution >= 4 is 0 Å². The summed E-state index contributed by atoms with van der Waals surface area (Å²) >= 11 is 0. The normalized spacial score (nSPS) is 24.7. The molecule has 0 bridgehead atoms. The van der Waals surface area contributed by atoms with Crippen molar-refractivity contribution < 1.29 is 0 Å². The van der Waals surface area contributed by atoms with Gasteiger partial charge in [0.1, 0.15) is 0 Å². The van der Waals surface area contributed by atoms with Gasteiger partial charge in [0.05, 0.1) is 6.54 Å². The van der Waals surface area contributed by atoms with Crippen LogP contribution in [0.3, 0.4) is 0 Å². The standard InChI is InChI=1S/C10H18N2/c1-4-7-11(2)9-10-6-5-8-12(10)3/h1,10H,5-9H2,2-3H3. The van der Waals surface area contributed by atoms with Crippen molar-refractivity contribution in [2.24, 2.45) is 0 Å². The van der Waals surface area contributed by atoms with Crippen molar-refractivity contribution in [1.82, 2.24) is 9.80 Å². The average molecular weight is 166 g/mol. The van der Waals surface area contributed by atoms with Gasteiger partial charge >= 0.3 is 0 Å². The maximum Gasteiger partial charge on any atom is 0.0596 e. The summed E-state index contributed by atoms with van der Waals surface area (Å²) in [6.45, 7) is 3.12. The number of terminal acetylenes is 1. The van der Waals surface area contributed by atoms with Crippen LogP contribution in [0, 0.1) is 12.3 Å². The predicted octanol–water partition coefficient (Wildman–Crippen LogP) is 0.646. The molecule has 0 aliphatic carbocycles. The minimum atomic E-state index is 0.725. The molecule has 2 heteroatoms. The molecule has 0 N–H and O–H groups in total. The molecule has 1 fully saturated rings. The molecule has 1 atom stereocenters. The third kappa shape index (κ3) is 2.51. The van der Waals surface area contributed by atoms with E-state index in [1.807, 2.05) is 0 Å². The number of likely N-dealkylation sites (N-methyl/N-ethyl adjacent to an activating group) is 2. The Hall–Kier alpha value is -0.520. The van der Waals surface area contributed by atoms with Crippen LogP contribution in [0.5, 0.6) is 0 Å². The maximum atomic E-state index is 5.23. The molecule has 2 nitrogen and oxygen atoms in total. The highest BCUT2D eigenvalue weighted by Gasteiger charge is 2.21. The van der Waals surface area contributed by atoms with Gasteiger partial charge in [-0.3, -0.25) is 4.90 Å². The van der Waals surface area contributed by atoms with Crippen molar-refractivity contribution in [3.8, 4) is 12.3 Å². The molecule has 0 aromatic heterocycles. The van der Waals surface area contributed by atoms with Crippen LogP contribution >= 0.6 is 0 Å². The van der Waals surface area contributed by atoms with Gasteiger partial charge in [-0.15, -0.1) is 6.42 Å². The molecule has 1 rings (SSSR count). The lowest BCUT2D eigenvalue weighted by Gasteiger charge is -2.24. The molecule has 1 saturated heterocycles. The first kappa shape index (κ1) is 9.57. The van der Waals surface area contributed by atoms with Gasteiger partial charge in [0.15, 0.2) is 0 Å². The summed E-state index contributed by atoms with van der Waals surface area (Å²) in [5, 5.41) is 0. The molecule has 0 aromatic carbocycles. The Morgan fingerprint density at radius 3 is 2.92 bits per heavy atom. The topological polar surface area (TPSA) is 6.48 Å². The molecule has 68 valence electrons. The van der Waals surface area contributed by atoms with Crippen LogP contribution in [0.2, 0.25) is 0 Å². The van der Waals surface area contributed by atoms with Gasteiger partial charge in [-0.1, -0.05) is 5.92 Å². The van der Waals surface area contributed by atoms with E-state index in [0.717, 1.165) is 19.1 Å². The largest absolute Gasteiger partial charge is 0.302 e. The molecular formula is C10H18N2. The van der Waals surface area contributed by atoms with E-state index in [9.17, 15) is 0 Å². The molecule has 12 heavy (non-hydrogen) atoms. The zero-order valence-electron chi connectivity index (χ0n) is 8.08. The SMILES string of the molecule is C#CCN(C)CC1CCCN1C. The Morgan fingerprint density at radius 1 is 1.67 bits per heavy atom. The summed E-state index contributed by atoms with van der Waals surface area (Å²) in [7, 11) is 4.29. The zero-order valence-corrected chi connectivity index (χ0v) is 8.08. The second kappa shape index (κ2) is 4.49. The Balaban J connectivity index is 2.26. The van der Waals surface area contributed by atoms with Crippen LogP contribution in [0.15, 0.2) is 0 Å². The number of hydrogen-bond acceptors (Lipinski definition) is 2. The van der Waals surface area contributed by atoms with E-state index in [4.69, 9.17) is 6.42 Å². The Bertz CT molecular complexity index is 171. The van der Waals surface area contributed by atoms with Gasteiger partial charge in [0.2, 0.25) is 0 Å². The third-order valence-electron chi connectivity index (χ3n) is 2.56. The molecule has 0 amide bonds. The summed E-state index contributed by atoms with van der Waals surface area (Å²) < 4.78 is 0. The molecule has 0 spiro atoms. The molecule has 0 saturated carbocycles. The van der Waals surface area contributed by atoms with E-state index in [1.165, 1.54) is 19.4 Å². The fourth-order valence-electron chi connectivity index (χ4n) is 1.79. The Labute approximate surface area is 75.5 Å². The van der Waals surface area contributed by atoms with Crippen LogP contribution in [-0.2, 0) is 0 Å². The van der Waals surface area contributed by atoms with Crippen LogP contribution in [0.1, 0.15) is 12.8 Å². The minimum absolute atomic E-state index is 0.725. The molecule has 0 radical (unpaired) electrons. The highest BCUT2D eigenvalue weighted by Crippen LogP contribution is 2.14. The van der Waals surface area contributed by atoms with Crippen molar-refractivity contribution in [1.29, 1.82) is 0 Å². The smallest absolute Gasteiger partial charge is 0.0596 e. The monoisotopic (exact) mass is 166 g/mol. The number of hydrogen-bond donors (Lipinski definition) is 0. The van der Waals surface area contributed by atoms with E-state index < -0.39 is 0 Å². The zero-order chi connectivity index (χ0) is 8.97. The van der Waals surface area contributed by atoms with Gasteiger partial charge in [-0.25, -0.2) is 0 Å². The average Bonchev–Trinajstić information content (AvgIpc) is 2.37. The number of likely N-dealkylation sites (tertiary alicyclic amines) is 1. The molecule has 0 aromatic rings. The summed E-state index contributed by atoms with van der Waals surface area (Å²) in [6, 6.07) is 0.725. The van der Waals surface area contributed by atoms with E-state index in [-0.39, 0.29) is 0 Å². The predicted molar refractivity (Wildman–Crippen MR) is 52.0 cm³/mol. The number of nitrogens with zero attached hydrogens (tertiary/aromatic N) is 2. The van der Waals surface area contributed by atoms with Crippen molar-refractivity contribution in [2.45, 2.75) is 18.9 Å². The molecule has 1 unspecified atom stereocenters. The van der Waals surface area contributed by atoms with E-state index in [0.29, 0.717) is 0 Å². The van der Waals surface area contributed by atoms with Gasteiger partial charge in [-0.2, -0.15) is 0 Å². The van der Waals surface area contributed by atoms with Crippen molar-refractivity contribution in [2.75, 3.05) is 33.7 Å². The lowest BCUT2D eigenvalue weighted by molar-refractivity contribution is 0.234. The quantitative estimate of drug-likeness (QED) is 0.568. The van der Waals surface area contributed by atoms with E-state index in [1.54, 1.807) is 0 Å². The summed E-state index contributed by atoms with van der Waals surface area (Å²) in [6.07, 6.45) is 7.90. The molecule has 1 aliphatic heterocycles. The van der Waals surface area contributed by atoms with Gasteiger partial charge < -0.3 is 4.90 Å². The Kier molecular flexibility index (Phi) is 3.58. The van der Waals surface area contributed by atoms with Crippen molar-refractivity contribution in [3.63, 3.8) is 0 Å². The van der Waals surface area contributed by atoms with E-state index >= 15 is 0 Å². The Morgan fingerprint density at radius 2 is 2.42 bits per heavy atom. The molecule has 1 aliphatic rings. The molecular weight excluding hydrogens is 148 g/mol. The van der Waals surface area contributed by atoms with Gasteiger partial charge in [-0.05, 0) is 33.5 Å². The summed E-state index contributed by atoms with van der Waals surface area (Å²) in [4.78, 5) is 4.64. The lowest BCUT2D eigenvalue weighted by atomic mass is 10.2. The fourth-order valence-corrected chi connectivity index (χ4v) is 1.79. The van der Waals surface area contributed by atoms with Crippen LogP contribution in [0.4, 0.5) is 0 Å². The third-order valence-corrected chi connectivity index (χ3v) is 2.56. The first-order valence-electron chi connectivity index (χ1n) is 4.56. The lowest BCUT2D eigenvalue weighted by Crippen LogP contribution is -2.36. The first-order valence-corrected chi connectivity index (χ1v) is 4.56. The minimum Gasteiger partial charge on any atom is -0.302 e. The first-order chi connectivity index (χ1) is 5.74. The molecule has 1 heterocycles. The second-order valence-electron chi connectivity index (χ2n) is 3.68. The summed E-state index contributed by atoms with van der Waals surface area (Å²) in [5.41, 5.74) is 0. The van der Waals surface area contributed by atoms with Gasteiger partial charge in [0, 0.05) is 12.6 Å². The number of rotatable bonds is 3. The summed E-state index contributed by atoms with van der Waals surface area (Å²) in [5.74, 6) is 2.66. The van der Waals surface area contributed by atoms with Crippen LogP contribution < -0.4 is 0 Å². The van der Waals surface area contributed by atoms with Gasteiger partial charge in [0.25, 0.3) is 0 Å². The van der Waals surface area contributed by atoms with E-state index in [2.05, 4.69) is 29.8 Å². The highest BCUT2D eigenvalue weighted by atomic mass is 15.2. The maximum absolute atomic E-state index is 5.23. The highest BCUT2D eigenvalue weighted by molar-refractivity contribution is 4.89. The van der Waals surface area contributed by atoms with Crippen LogP contribution in [0.25, 0.3) is 0 Å². The fraction of sp³-hybridized carbons (Fsp3) is 0.800. The second-order valence-corrected chi connectivity index (χ2v) is 3.68.